The number of nitrogens with one attached hydrogen (secondary N) is 2. The number of amides is 2. The van der Waals surface area contributed by atoms with E-state index in [2.05, 4.69) is 25.4 Å². The zero-order valence-electron chi connectivity index (χ0n) is 24.5. The molecule has 13 heteroatoms. The van der Waals surface area contributed by atoms with Gasteiger partial charge in [-0.25, -0.2) is 9.78 Å². The van der Waals surface area contributed by atoms with E-state index in [1.807, 2.05) is 32.9 Å². The smallest absolute Gasteiger partial charge is 0.410 e. The van der Waals surface area contributed by atoms with Gasteiger partial charge in [-0.05, 0) is 57.2 Å². The van der Waals surface area contributed by atoms with Crippen molar-refractivity contribution in [2.24, 2.45) is 0 Å². The molecule has 2 N–H and O–H groups in total. The van der Waals surface area contributed by atoms with Gasteiger partial charge in [0.2, 0.25) is 0 Å². The molecule has 0 radical (unpaired) electrons. The maximum atomic E-state index is 13.1. The second-order valence-corrected chi connectivity index (χ2v) is 11.7. The van der Waals surface area contributed by atoms with Crippen molar-refractivity contribution < 1.29 is 23.8 Å². The van der Waals surface area contributed by atoms with Crippen LogP contribution in [0, 0.1) is 0 Å². The van der Waals surface area contributed by atoms with Crippen molar-refractivity contribution in [2.75, 3.05) is 50.6 Å². The van der Waals surface area contributed by atoms with E-state index in [-0.39, 0.29) is 12.0 Å². The molecule has 0 atom stereocenters. The summed E-state index contributed by atoms with van der Waals surface area (Å²) in [6.45, 7) is 8.01. The van der Waals surface area contributed by atoms with Crippen LogP contribution in [0.5, 0.6) is 11.5 Å². The summed E-state index contributed by atoms with van der Waals surface area (Å²) in [4.78, 5) is 33.9. The first-order valence-electron chi connectivity index (χ1n) is 13.6. The molecule has 1 saturated heterocycles. The number of piperazine rings is 1. The van der Waals surface area contributed by atoms with Gasteiger partial charge in [-0.15, -0.1) is 0 Å². The molecule has 1 aliphatic heterocycles. The first-order valence-corrected chi connectivity index (χ1v) is 14.3. The average molecular weight is 628 g/mol. The SMILES string of the molecule is COc1cc(OC)c(Cl)c(-c2ccc3c(NC(=O)c4ccc(N5CCN(C(=O)OC(C)(C)C)CC5)cc4)n[nH]c3n2)c1Cl. The van der Waals surface area contributed by atoms with Gasteiger partial charge in [0.15, 0.2) is 11.5 Å². The second-order valence-electron chi connectivity index (χ2n) is 10.9. The van der Waals surface area contributed by atoms with Crippen molar-refractivity contribution in [3.8, 4) is 22.8 Å². The van der Waals surface area contributed by atoms with Crippen LogP contribution in [-0.4, -0.2) is 78.1 Å². The molecule has 2 amide bonds. The Kier molecular flexibility index (Phi) is 8.57. The van der Waals surface area contributed by atoms with Crippen molar-refractivity contribution in [2.45, 2.75) is 26.4 Å². The maximum absolute atomic E-state index is 13.1. The molecule has 0 spiro atoms. The Balaban J connectivity index is 1.27. The molecule has 4 aromatic rings. The number of aromatic amines is 1. The molecular formula is C30H32Cl2N6O5. The number of nitrogens with zero attached hydrogens (tertiary/aromatic N) is 4. The first kappa shape index (κ1) is 30.2. The number of hydrogen-bond donors (Lipinski definition) is 2. The van der Waals surface area contributed by atoms with Gasteiger partial charge >= 0.3 is 6.09 Å². The number of rotatable bonds is 6. The molecule has 1 fully saturated rings. The molecule has 2 aromatic heterocycles. The topological polar surface area (TPSA) is 122 Å². The van der Waals surface area contributed by atoms with E-state index in [1.54, 1.807) is 35.2 Å². The fraction of sp³-hybridized carbons (Fsp3) is 0.333. The number of methoxy groups -OCH3 is 2. The fourth-order valence-electron chi connectivity index (χ4n) is 4.73. The highest BCUT2D eigenvalue weighted by Crippen LogP contribution is 2.45. The number of anilines is 2. The molecular weight excluding hydrogens is 595 g/mol. The van der Waals surface area contributed by atoms with Crippen molar-refractivity contribution >= 4 is 57.7 Å². The summed E-state index contributed by atoms with van der Waals surface area (Å²) in [6.07, 6.45) is -0.301. The normalized spacial score (nSPS) is 13.7. The minimum absolute atomic E-state index is 0.293. The van der Waals surface area contributed by atoms with Crippen LogP contribution in [0.1, 0.15) is 31.1 Å². The predicted molar refractivity (Wildman–Crippen MR) is 167 cm³/mol. The average Bonchev–Trinajstić information content (AvgIpc) is 3.38. The Morgan fingerprint density at radius 3 is 2.14 bits per heavy atom. The largest absolute Gasteiger partial charge is 0.495 e. The van der Waals surface area contributed by atoms with E-state index in [1.165, 1.54) is 14.2 Å². The summed E-state index contributed by atoms with van der Waals surface area (Å²) >= 11 is 13.1. The van der Waals surface area contributed by atoms with E-state index in [4.69, 9.17) is 37.4 Å². The van der Waals surface area contributed by atoms with Crippen molar-refractivity contribution in [3.63, 3.8) is 0 Å². The Morgan fingerprint density at radius 2 is 1.56 bits per heavy atom. The number of H-pyrrole nitrogens is 1. The van der Waals surface area contributed by atoms with Gasteiger partial charge in [0.1, 0.15) is 17.1 Å². The number of aromatic nitrogens is 3. The number of fused-ring (bicyclic) bond motifs is 1. The van der Waals surface area contributed by atoms with Crippen LogP contribution in [0.15, 0.2) is 42.5 Å². The highest BCUT2D eigenvalue weighted by atomic mass is 35.5. The molecule has 1 aliphatic rings. The van der Waals surface area contributed by atoms with Crippen LogP contribution in [0.25, 0.3) is 22.3 Å². The zero-order chi connectivity index (χ0) is 30.9. The monoisotopic (exact) mass is 626 g/mol. The van der Waals surface area contributed by atoms with Gasteiger partial charge in [-0.3, -0.25) is 9.89 Å². The first-order chi connectivity index (χ1) is 20.5. The standard InChI is InChI=1S/C30H32Cl2N6O5/c1-30(2,3)43-29(40)38-14-12-37(13-15-38)18-8-6-17(7-9-18)28(39)34-27-19-10-11-20(33-26(19)35-36-27)23-24(31)21(41-4)16-22(42-5)25(23)32/h6-11,16H,12-15H2,1-5H3,(H2,33,34,35,36,39). The molecule has 0 bridgehead atoms. The third-order valence-electron chi connectivity index (χ3n) is 6.91. The van der Waals surface area contributed by atoms with Gasteiger partial charge in [0.25, 0.3) is 5.91 Å². The molecule has 43 heavy (non-hydrogen) atoms. The summed E-state index contributed by atoms with van der Waals surface area (Å²) in [6, 6.07) is 12.4. The quantitative estimate of drug-likeness (QED) is 0.257. The van der Waals surface area contributed by atoms with Crippen molar-refractivity contribution in [1.29, 1.82) is 0 Å². The van der Waals surface area contributed by atoms with E-state index in [9.17, 15) is 9.59 Å². The number of carbonyl (C=O) groups is 2. The molecule has 0 aliphatic carbocycles. The summed E-state index contributed by atoms with van der Waals surface area (Å²) in [7, 11) is 3.00. The summed E-state index contributed by atoms with van der Waals surface area (Å²) in [5.74, 6) is 0.808. The molecule has 5 rings (SSSR count). The van der Waals surface area contributed by atoms with Crippen LogP contribution < -0.4 is 19.7 Å². The summed E-state index contributed by atoms with van der Waals surface area (Å²) < 4.78 is 16.2. The zero-order valence-corrected chi connectivity index (χ0v) is 26.0. The Labute approximate surface area is 259 Å². The van der Waals surface area contributed by atoms with Crippen LogP contribution >= 0.6 is 23.2 Å². The lowest BCUT2D eigenvalue weighted by atomic mass is 10.1. The van der Waals surface area contributed by atoms with E-state index < -0.39 is 5.60 Å². The molecule has 2 aromatic carbocycles. The third-order valence-corrected chi connectivity index (χ3v) is 7.66. The van der Waals surface area contributed by atoms with E-state index in [0.717, 1.165) is 5.69 Å². The van der Waals surface area contributed by atoms with Crippen LogP contribution in [-0.2, 0) is 4.74 Å². The minimum Gasteiger partial charge on any atom is -0.495 e. The Morgan fingerprint density at radius 1 is 0.930 bits per heavy atom. The van der Waals surface area contributed by atoms with Gasteiger partial charge in [-0.1, -0.05) is 23.2 Å². The number of ether oxygens (including phenoxy) is 3. The number of benzene rings is 2. The van der Waals surface area contributed by atoms with Crippen LogP contribution in [0.3, 0.4) is 0 Å². The van der Waals surface area contributed by atoms with Gasteiger partial charge in [0.05, 0.1) is 35.3 Å². The van der Waals surface area contributed by atoms with Crippen molar-refractivity contribution in [1.82, 2.24) is 20.1 Å². The number of carbonyl (C=O) groups excluding carboxylic acids is 2. The molecule has 11 nitrogen and oxygen atoms in total. The van der Waals surface area contributed by atoms with Crippen LogP contribution in [0.4, 0.5) is 16.3 Å². The van der Waals surface area contributed by atoms with E-state index in [0.29, 0.717) is 81.4 Å². The molecule has 3 heterocycles. The highest BCUT2D eigenvalue weighted by molar-refractivity contribution is 6.41. The lowest BCUT2D eigenvalue weighted by Gasteiger charge is -2.36. The summed E-state index contributed by atoms with van der Waals surface area (Å²) in [5, 5.41) is 11.2. The van der Waals surface area contributed by atoms with Gasteiger partial charge in [-0.2, -0.15) is 5.10 Å². The number of pyridine rings is 1. The van der Waals surface area contributed by atoms with Gasteiger partial charge in [0, 0.05) is 49.1 Å². The highest BCUT2D eigenvalue weighted by Gasteiger charge is 2.26. The van der Waals surface area contributed by atoms with Crippen LogP contribution in [0.2, 0.25) is 10.0 Å². The Bertz CT molecular complexity index is 1630. The minimum atomic E-state index is -0.527. The fourth-order valence-corrected chi connectivity index (χ4v) is 5.42. The maximum Gasteiger partial charge on any atom is 0.410 e. The van der Waals surface area contributed by atoms with E-state index >= 15 is 0 Å². The lowest BCUT2D eigenvalue weighted by molar-refractivity contribution is 0.0240. The number of hydrogen-bond acceptors (Lipinski definition) is 8. The summed E-state index contributed by atoms with van der Waals surface area (Å²) in [5.41, 5.74) is 2.27. The molecule has 0 unspecified atom stereocenters. The van der Waals surface area contributed by atoms with Gasteiger partial charge < -0.3 is 29.3 Å². The predicted octanol–water partition coefficient (Wildman–Crippen LogP) is 6.26. The lowest BCUT2D eigenvalue weighted by Crippen LogP contribution is -2.50. The molecule has 226 valence electrons. The molecule has 0 saturated carbocycles. The second kappa shape index (κ2) is 12.2. The Hall–Kier alpha value is -4.22. The number of halogens is 2. The van der Waals surface area contributed by atoms with Crippen molar-refractivity contribution in [3.05, 3.63) is 58.1 Å². The third kappa shape index (κ3) is 6.42.